The lowest BCUT2D eigenvalue weighted by molar-refractivity contribution is -0.0667. The van der Waals surface area contributed by atoms with Gasteiger partial charge in [-0.2, -0.15) is 0 Å². The molecule has 2 saturated heterocycles. The predicted molar refractivity (Wildman–Crippen MR) is 114 cm³/mol. The number of hydrogen-bond acceptors (Lipinski definition) is 3. The predicted octanol–water partition coefficient (Wildman–Crippen LogP) is 2.63. The van der Waals surface area contributed by atoms with Crippen LogP contribution in [0, 0.1) is 5.41 Å². The molecular formula is C22H37N5. The number of guanidine groups is 1. The Kier molecular flexibility index (Phi) is 5.82. The van der Waals surface area contributed by atoms with Gasteiger partial charge in [0, 0.05) is 63.8 Å². The van der Waals surface area contributed by atoms with Crippen molar-refractivity contribution < 1.29 is 0 Å². The van der Waals surface area contributed by atoms with E-state index in [0.717, 1.165) is 38.7 Å². The van der Waals surface area contributed by atoms with E-state index in [1.54, 1.807) is 0 Å². The van der Waals surface area contributed by atoms with Crippen molar-refractivity contribution in [1.82, 2.24) is 20.0 Å². The van der Waals surface area contributed by atoms with Gasteiger partial charge in [-0.1, -0.05) is 38.1 Å². The molecule has 0 atom stereocenters. The van der Waals surface area contributed by atoms with E-state index in [1.165, 1.54) is 24.2 Å². The van der Waals surface area contributed by atoms with Crippen molar-refractivity contribution in [3.05, 3.63) is 35.4 Å². The summed E-state index contributed by atoms with van der Waals surface area (Å²) in [7, 11) is 4.08. The maximum atomic E-state index is 4.51. The zero-order valence-corrected chi connectivity index (χ0v) is 18.0. The van der Waals surface area contributed by atoms with Gasteiger partial charge in [-0.25, -0.2) is 0 Å². The molecule has 1 N–H and O–H groups in total. The van der Waals surface area contributed by atoms with Crippen LogP contribution in [0.5, 0.6) is 0 Å². The van der Waals surface area contributed by atoms with Crippen LogP contribution < -0.4 is 5.32 Å². The maximum Gasteiger partial charge on any atom is 0.194 e. The van der Waals surface area contributed by atoms with Crippen molar-refractivity contribution in [2.75, 3.05) is 46.8 Å². The van der Waals surface area contributed by atoms with Crippen molar-refractivity contribution >= 4 is 5.96 Å². The smallest absolute Gasteiger partial charge is 0.194 e. The number of rotatable bonds is 4. The third-order valence-corrected chi connectivity index (χ3v) is 6.83. The SMILES string of the molecule is CN=C(NCc1ccc(CN2CCN(C)CC2)cc1)N1CC(C)(C)C1(C)C. The van der Waals surface area contributed by atoms with Gasteiger partial charge in [0.05, 0.1) is 0 Å². The highest BCUT2D eigenvalue weighted by molar-refractivity contribution is 5.82. The maximum absolute atomic E-state index is 4.51. The van der Waals surface area contributed by atoms with E-state index in [9.17, 15) is 0 Å². The lowest BCUT2D eigenvalue weighted by atomic mass is 9.65. The second-order valence-corrected chi connectivity index (χ2v) is 9.33. The van der Waals surface area contributed by atoms with Crippen LogP contribution in [-0.4, -0.2) is 73.0 Å². The second kappa shape index (κ2) is 7.80. The normalized spacial score (nSPS) is 23.2. The van der Waals surface area contributed by atoms with E-state index in [1.807, 2.05) is 7.05 Å². The summed E-state index contributed by atoms with van der Waals surface area (Å²) in [4.78, 5) is 11.8. The third kappa shape index (κ3) is 4.30. The average Bonchev–Trinajstić information content (AvgIpc) is 2.64. The first kappa shape index (κ1) is 20.2. The zero-order chi connectivity index (χ0) is 19.7. The number of hydrogen-bond donors (Lipinski definition) is 1. The molecule has 0 bridgehead atoms. The molecule has 0 aromatic heterocycles. The van der Waals surface area contributed by atoms with Crippen molar-refractivity contribution in [2.45, 2.75) is 46.3 Å². The molecule has 0 aliphatic carbocycles. The number of benzene rings is 1. The minimum atomic E-state index is 0.126. The molecule has 2 aliphatic rings. The molecule has 0 unspecified atom stereocenters. The molecule has 0 radical (unpaired) electrons. The van der Waals surface area contributed by atoms with Crippen LogP contribution in [0.25, 0.3) is 0 Å². The van der Waals surface area contributed by atoms with Gasteiger partial charge in [-0.15, -0.1) is 0 Å². The van der Waals surface area contributed by atoms with Crippen LogP contribution in [0.1, 0.15) is 38.8 Å². The fourth-order valence-corrected chi connectivity index (χ4v) is 3.90. The Balaban J connectivity index is 1.51. The van der Waals surface area contributed by atoms with Gasteiger partial charge in [0.15, 0.2) is 5.96 Å². The molecule has 1 aromatic rings. The summed E-state index contributed by atoms with van der Waals surface area (Å²) < 4.78 is 0. The van der Waals surface area contributed by atoms with Gasteiger partial charge < -0.3 is 15.1 Å². The zero-order valence-electron chi connectivity index (χ0n) is 18.0. The molecule has 0 spiro atoms. The summed E-state index contributed by atoms with van der Waals surface area (Å²) in [5.74, 6) is 1.00. The molecule has 2 heterocycles. The molecule has 0 amide bonds. The highest BCUT2D eigenvalue weighted by atomic mass is 15.4. The first-order valence-electron chi connectivity index (χ1n) is 10.2. The molecule has 3 rings (SSSR count). The lowest BCUT2D eigenvalue weighted by Crippen LogP contribution is -2.72. The number of nitrogens with one attached hydrogen (secondary N) is 1. The molecule has 5 nitrogen and oxygen atoms in total. The highest BCUT2D eigenvalue weighted by Crippen LogP contribution is 2.46. The molecule has 1 aromatic carbocycles. The van der Waals surface area contributed by atoms with Crippen LogP contribution in [0.15, 0.2) is 29.3 Å². The van der Waals surface area contributed by atoms with Gasteiger partial charge >= 0.3 is 0 Å². The van der Waals surface area contributed by atoms with E-state index in [2.05, 4.69) is 84.0 Å². The summed E-state index contributed by atoms with van der Waals surface area (Å²) >= 11 is 0. The Labute approximate surface area is 165 Å². The van der Waals surface area contributed by atoms with Crippen LogP contribution in [0.4, 0.5) is 0 Å². The Morgan fingerprint density at radius 1 is 1.00 bits per heavy atom. The van der Waals surface area contributed by atoms with E-state index in [0.29, 0.717) is 5.41 Å². The molecule has 5 heteroatoms. The first-order chi connectivity index (χ1) is 12.7. The number of piperazine rings is 1. The quantitative estimate of drug-likeness (QED) is 0.652. The van der Waals surface area contributed by atoms with Gasteiger partial charge in [0.2, 0.25) is 0 Å². The Morgan fingerprint density at radius 3 is 2.11 bits per heavy atom. The molecule has 2 fully saturated rings. The lowest BCUT2D eigenvalue weighted by Gasteiger charge is -2.62. The van der Waals surface area contributed by atoms with Gasteiger partial charge in [-0.3, -0.25) is 9.89 Å². The molecular weight excluding hydrogens is 334 g/mol. The number of likely N-dealkylation sites (tertiary alicyclic amines) is 1. The standard InChI is InChI=1S/C22H37N5/c1-21(2)17-27(22(21,3)4)20(23-5)24-15-18-7-9-19(10-8-18)16-26-13-11-25(6)12-14-26/h7-10H,11-17H2,1-6H3,(H,23,24). The summed E-state index contributed by atoms with van der Waals surface area (Å²) in [5.41, 5.74) is 3.14. The Hall–Kier alpha value is -1.59. The largest absolute Gasteiger partial charge is 0.352 e. The molecule has 27 heavy (non-hydrogen) atoms. The van der Waals surface area contributed by atoms with E-state index < -0.39 is 0 Å². The fraction of sp³-hybridized carbons (Fsp3) is 0.682. The summed E-state index contributed by atoms with van der Waals surface area (Å²) in [6.07, 6.45) is 0. The highest BCUT2D eigenvalue weighted by Gasteiger charge is 2.53. The second-order valence-electron chi connectivity index (χ2n) is 9.33. The van der Waals surface area contributed by atoms with E-state index in [4.69, 9.17) is 0 Å². The van der Waals surface area contributed by atoms with Gasteiger partial charge in [0.25, 0.3) is 0 Å². The number of nitrogens with zero attached hydrogens (tertiary/aromatic N) is 4. The van der Waals surface area contributed by atoms with Crippen LogP contribution in [-0.2, 0) is 13.1 Å². The van der Waals surface area contributed by atoms with Crippen molar-refractivity contribution in [2.24, 2.45) is 10.4 Å². The monoisotopic (exact) mass is 371 g/mol. The Bertz CT molecular complexity index is 654. The van der Waals surface area contributed by atoms with Crippen molar-refractivity contribution in [1.29, 1.82) is 0 Å². The minimum absolute atomic E-state index is 0.126. The van der Waals surface area contributed by atoms with E-state index in [-0.39, 0.29) is 5.54 Å². The molecule has 150 valence electrons. The third-order valence-electron chi connectivity index (χ3n) is 6.83. The van der Waals surface area contributed by atoms with Crippen molar-refractivity contribution in [3.8, 4) is 0 Å². The van der Waals surface area contributed by atoms with Crippen molar-refractivity contribution in [3.63, 3.8) is 0 Å². The molecule has 0 saturated carbocycles. The van der Waals surface area contributed by atoms with Gasteiger partial charge in [-0.05, 0) is 32.0 Å². The van der Waals surface area contributed by atoms with Crippen LogP contribution in [0.2, 0.25) is 0 Å². The van der Waals surface area contributed by atoms with Crippen LogP contribution >= 0.6 is 0 Å². The number of aliphatic imine (C=N–C) groups is 1. The van der Waals surface area contributed by atoms with Gasteiger partial charge in [0.1, 0.15) is 0 Å². The molecule has 2 aliphatic heterocycles. The summed E-state index contributed by atoms with van der Waals surface area (Å²) in [6.45, 7) is 16.9. The fourth-order valence-electron chi connectivity index (χ4n) is 3.90. The summed E-state index contributed by atoms with van der Waals surface area (Å²) in [5, 5.41) is 3.55. The van der Waals surface area contributed by atoms with Crippen LogP contribution in [0.3, 0.4) is 0 Å². The van der Waals surface area contributed by atoms with E-state index >= 15 is 0 Å². The first-order valence-corrected chi connectivity index (χ1v) is 10.2. The average molecular weight is 372 g/mol. The minimum Gasteiger partial charge on any atom is -0.352 e. The Morgan fingerprint density at radius 2 is 1.59 bits per heavy atom. The topological polar surface area (TPSA) is 34.1 Å². The number of likely N-dealkylation sites (N-methyl/N-ethyl adjacent to an activating group) is 1. The summed E-state index contributed by atoms with van der Waals surface area (Å²) in [6, 6.07) is 9.04.